The largest absolute Gasteiger partial charge is 0.466 e. The second-order valence-corrected chi connectivity index (χ2v) is 5.51. The highest BCUT2D eigenvalue weighted by molar-refractivity contribution is 5.82. The minimum Gasteiger partial charge on any atom is -0.466 e. The van der Waals surface area contributed by atoms with Gasteiger partial charge in [0.05, 0.1) is 19.2 Å². The molecule has 0 saturated carbocycles. The summed E-state index contributed by atoms with van der Waals surface area (Å²) in [5.74, 6) is -2.57. The maximum absolute atomic E-state index is 13.5. The Morgan fingerprint density at radius 3 is 2.71 bits per heavy atom. The number of rotatable bonds is 5. The van der Waals surface area contributed by atoms with E-state index in [9.17, 15) is 18.4 Å². The first-order chi connectivity index (χ1) is 11.5. The van der Waals surface area contributed by atoms with Crippen LogP contribution < -0.4 is 0 Å². The second kappa shape index (κ2) is 7.86. The fourth-order valence-electron chi connectivity index (χ4n) is 2.92. The van der Waals surface area contributed by atoms with Gasteiger partial charge in [-0.2, -0.15) is 0 Å². The van der Waals surface area contributed by atoms with E-state index < -0.39 is 17.6 Å². The van der Waals surface area contributed by atoms with E-state index in [1.807, 2.05) is 0 Å². The Hall–Kier alpha value is -2.50. The van der Waals surface area contributed by atoms with Gasteiger partial charge in [-0.05, 0) is 30.5 Å². The number of benzene rings is 1. The predicted octanol–water partition coefficient (Wildman–Crippen LogP) is 3.30. The first-order valence-corrected chi connectivity index (χ1v) is 7.61. The van der Waals surface area contributed by atoms with Crippen molar-refractivity contribution in [3.63, 3.8) is 0 Å². The molecule has 128 valence electrons. The molecule has 1 fully saturated rings. The van der Waals surface area contributed by atoms with E-state index in [1.165, 1.54) is 25.3 Å². The zero-order valence-corrected chi connectivity index (χ0v) is 13.4. The van der Waals surface area contributed by atoms with Gasteiger partial charge in [-0.15, -0.1) is 6.58 Å². The number of halogens is 2. The Morgan fingerprint density at radius 2 is 2.08 bits per heavy atom. The quantitative estimate of drug-likeness (QED) is 0.471. The van der Waals surface area contributed by atoms with Gasteiger partial charge in [-0.25, -0.2) is 13.6 Å². The number of amides is 1. The molecular weight excluding hydrogens is 316 g/mol. The van der Waals surface area contributed by atoms with Gasteiger partial charge in [0.1, 0.15) is 0 Å². The zero-order valence-electron chi connectivity index (χ0n) is 13.4. The minimum atomic E-state index is -0.947. The molecule has 2 rings (SSSR count). The molecule has 1 aliphatic heterocycles. The van der Waals surface area contributed by atoms with Crippen LogP contribution >= 0.6 is 0 Å². The first-order valence-electron chi connectivity index (χ1n) is 7.61. The van der Waals surface area contributed by atoms with Crippen molar-refractivity contribution in [2.24, 2.45) is 0 Å². The number of nitrogens with zero attached hydrogens (tertiary/aromatic N) is 1. The van der Waals surface area contributed by atoms with Crippen LogP contribution in [0.5, 0.6) is 0 Å². The predicted molar refractivity (Wildman–Crippen MR) is 84.9 cm³/mol. The third-order valence-electron chi connectivity index (χ3n) is 4.02. The average molecular weight is 335 g/mol. The Morgan fingerprint density at radius 1 is 1.33 bits per heavy atom. The molecule has 0 unspecified atom stereocenters. The lowest BCUT2D eigenvalue weighted by atomic mass is 10.0. The SMILES string of the molecule is C=CCC(=O)N1[C@@H](C=CC(=O)OC)CC[C@H]1c1ccc(F)c(F)c1. The molecule has 6 heteroatoms. The summed E-state index contributed by atoms with van der Waals surface area (Å²) in [7, 11) is 1.27. The Kier molecular flexibility index (Phi) is 5.84. The normalized spacial score (nSPS) is 20.4. The van der Waals surface area contributed by atoms with Gasteiger partial charge < -0.3 is 9.64 Å². The Bertz CT molecular complexity index is 672. The van der Waals surface area contributed by atoms with Crippen LogP contribution in [0.2, 0.25) is 0 Å². The number of methoxy groups -OCH3 is 1. The van der Waals surface area contributed by atoms with Crippen molar-refractivity contribution in [3.8, 4) is 0 Å². The Labute approximate surface area is 139 Å². The van der Waals surface area contributed by atoms with Crippen LogP contribution in [0.15, 0.2) is 43.0 Å². The van der Waals surface area contributed by atoms with E-state index in [-0.39, 0.29) is 24.4 Å². The van der Waals surface area contributed by atoms with Crippen LogP contribution in [0, 0.1) is 11.6 Å². The molecule has 0 aromatic heterocycles. The highest BCUT2D eigenvalue weighted by atomic mass is 19.2. The molecule has 0 spiro atoms. The number of likely N-dealkylation sites (tertiary alicyclic amines) is 1. The third-order valence-corrected chi connectivity index (χ3v) is 4.02. The molecule has 0 aliphatic carbocycles. The maximum Gasteiger partial charge on any atom is 0.330 e. The standard InChI is InChI=1S/C18H19F2NO3/c1-3-4-17(22)21-13(7-10-18(23)24-2)6-9-16(21)12-5-8-14(19)15(20)11-12/h3,5,7-8,10-11,13,16H,1,4,6,9H2,2H3/t13-,16+/m1/s1. The summed E-state index contributed by atoms with van der Waals surface area (Å²) in [6.07, 6.45) is 5.69. The van der Waals surface area contributed by atoms with Crippen molar-refractivity contribution >= 4 is 11.9 Å². The number of hydrogen-bond donors (Lipinski definition) is 0. The molecule has 1 heterocycles. The smallest absolute Gasteiger partial charge is 0.330 e. The monoisotopic (exact) mass is 335 g/mol. The fraction of sp³-hybridized carbons (Fsp3) is 0.333. The molecule has 1 aromatic carbocycles. The fourth-order valence-corrected chi connectivity index (χ4v) is 2.92. The second-order valence-electron chi connectivity index (χ2n) is 5.51. The van der Waals surface area contributed by atoms with Crippen LogP contribution in [0.1, 0.15) is 30.9 Å². The van der Waals surface area contributed by atoms with Gasteiger partial charge in [-0.1, -0.05) is 18.2 Å². The summed E-state index contributed by atoms with van der Waals surface area (Å²) in [5, 5.41) is 0. The first kappa shape index (κ1) is 17.8. The van der Waals surface area contributed by atoms with Crippen molar-refractivity contribution in [2.45, 2.75) is 31.3 Å². The molecule has 2 atom stereocenters. The lowest BCUT2D eigenvalue weighted by Gasteiger charge is -2.29. The molecular formula is C18H19F2NO3. The summed E-state index contributed by atoms with van der Waals surface area (Å²) in [4.78, 5) is 25.3. The summed E-state index contributed by atoms with van der Waals surface area (Å²) in [5.41, 5.74) is 0.528. The van der Waals surface area contributed by atoms with Gasteiger partial charge in [0.25, 0.3) is 0 Å². The summed E-state index contributed by atoms with van der Waals surface area (Å²) in [6, 6.07) is 2.96. The average Bonchev–Trinajstić information content (AvgIpc) is 2.99. The molecule has 0 radical (unpaired) electrons. The van der Waals surface area contributed by atoms with Crippen molar-refractivity contribution in [2.75, 3.05) is 7.11 Å². The van der Waals surface area contributed by atoms with Crippen molar-refractivity contribution in [1.29, 1.82) is 0 Å². The molecule has 0 bridgehead atoms. The van der Waals surface area contributed by atoms with E-state index in [1.54, 1.807) is 11.0 Å². The van der Waals surface area contributed by atoms with Crippen LogP contribution in [0.3, 0.4) is 0 Å². The number of esters is 1. The van der Waals surface area contributed by atoms with Crippen molar-refractivity contribution < 1.29 is 23.1 Å². The molecule has 1 aromatic rings. The highest BCUT2D eigenvalue weighted by Crippen LogP contribution is 2.37. The van der Waals surface area contributed by atoms with E-state index in [0.717, 1.165) is 12.1 Å². The number of ether oxygens (including phenoxy) is 1. The maximum atomic E-state index is 13.5. The van der Waals surface area contributed by atoms with E-state index in [2.05, 4.69) is 11.3 Å². The van der Waals surface area contributed by atoms with E-state index in [0.29, 0.717) is 18.4 Å². The summed E-state index contributed by atoms with van der Waals surface area (Å²) in [6.45, 7) is 3.56. The molecule has 24 heavy (non-hydrogen) atoms. The highest BCUT2D eigenvalue weighted by Gasteiger charge is 2.36. The molecule has 4 nitrogen and oxygen atoms in total. The van der Waals surface area contributed by atoms with Gasteiger partial charge in [0.2, 0.25) is 5.91 Å². The van der Waals surface area contributed by atoms with E-state index in [4.69, 9.17) is 0 Å². The number of carbonyl (C=O) groups is 2. The van der Waals surface area contributed by atoms with Gasteiger partial charge in [0, 0.05) is 12.5 Å². The van der Waals surface area contributed by atoms with Crippen molar-refractivity contribution in [3.05, 3.63) is 60.2 Å². The van der Waals surface area contributed by atoms with Crippen LogP contribution in [-0.2, 0) is 14.3 Å². The Balaban J connectivity index is 2.31. The van der Waals surface area contributed by atoms with Crippen LogP contribution in [0.25, 0.3) is 0 Å². The molecule has 0 N–H and O–H groups in total. The van der Waals surface area contributed by atoms with Crippen LogP contribution in [0.4, 0.5) is 8.78 Å². The third kappa shape index (κ3) is 3.88. The molecule has 1 aliphatic rings. The van der Waals surface area contributed by atoms with Gasteiger partial charge >= 0.3 is 5.97 Å². The summed E-state index contributed by atoms with van der Waals surface area (Å²) < 4.78 is 31.2. The van der Waals surface area contributed by atoms with E-state index >= 15 is 0 Å². The van der Waals surface area contributed by atoms with Crippen molar-refractivity contribution in [1.82, 2.24) is 4.90 Å². The van der Waals surface area contributed by atoms with Gasteiger partial charge in [-0.3, -0.25) is 4.79 Å². The number of hydrogen-bond acceptors (Lipinski definition) is 3. The molecule has 1 saturated heterocycles. The van der Waals surface area contributed by atoms with Gasteiger partial charge in [0.15, 0.2) is 11.6 Å². The zero-order chi connectivity index (χ0) is 17.7. The lowest BCUT2D eigenvalue weighted by molar-refractivity contribution is -0.135. The van der Waals surface area contributed by atoms with Crippen LogP contribution in [-0.4, -0.2) is 29.9 Å². The lowest BCUT2D eigenvalue weighted by Crippen LogP contribution is -2.36. The number of carbonyl (C=O) groups excluding carboxylic acids is 2. The topological polar surface area (TPSA) is 46.6 Å². The minimum absolute atomic E-state index is 0.128. The molecule has 1 amide bonds. The summed E-state index contributed by atoms with van der Waals surface area (Å²) >= 11 is 0.